The van der Waals surface area contributed by atoms with Crippen LogP contribution in [0.1, 0.15) is 26.7 Å². The zero-order valence-electron chi connectivity index (χ0n) is 11.6. The van der Waals surface area contributed by atoms with Crippen molar-refractivity contribution in [2.75, 3.05) is 11.4 Å². The molecular weight excluding hydrogens is 263 g/mol. The van der Waals surface area contributed by atoms with Crippen LogP contribution >= 0.6 is 0 Å². The Morgan fingerprint density at radius 2 is 2.05 bits per heavy atom. The first-order chi connectivity index (χ1) is 9.45. The SMILES string of the molecule is CCN(C(=O)NC(C)CCC(=O)O)c1ccccc1F. The summed E-state index contributed by atoms with van der Waals surface area (Å²) in [5.41, 5.74) is 0.206. The van der Waals surface area contributed by atoms with E-state index in [2.05, 4.69) is 5.32 Å². The van der Waals surface area contributed by atoms with Gasteiger partial charge in [0, 0.05) is 19.0 Å². The van der Waals surface area contributed by atoms with Gasteiger partial charge in [-0.15, -0.1) is 0 Å². The molecule has 0 aliphatic heterocycles. The van der Waals surface area contributed by atoms with E-state index in [1.165, 1.54) is 17.0 Å². The highest BCUT2D eigenvalue weighted by Crippen LogP contribution is 2.18. The Morgan fingerprint density at radius 3 is 2.60 bits per heavy atom. The van der Waals surface area contributed by atoms with E-state index >= 15 is 0 Å². The lowest BCUT2D eigenvalue weighted by molar-refractivity contribution is -0.137. The number of nitrogens with one attached hydrogen (secondary N) is 1. The minimum atomic E-state index is -0.910. The second-order valence-corrected chi connectivity index (χ2v) is 4.48. The molecule has 5 nitrogen and oxygen atoms in total. The van der Waals surface area contributed by atoms with Gasteiger partial charge in [-0.05, 0) is 32.4 Å². The molecule has 0 heterocycles. The first-order valence-corrected chi connectivity index (χ1v) is 6.50. The molecule has 1 rings (SSSR count). The molecular formula is C14H19FN2O3. The summed E-state index contributed by atoms with van der Waals surface area (Å²) >= 11 is 0. The molecule has 0 aliphatic rings. The molecule has 2 amide bonds. The summed E-state index contributed by atoms with van der Waals surface area (Å²) in [5.74, 6) is -1.38. The number of halogens is 1. The average Bonchev–Trinajstić information content (AvgIpc) is 2.39. The van der Waals surface area contributed by atoms with E-state index < -0.39 is 17.8 Å². The van der Waals surface area contributed by atoms with Gasteiger partial charge in [0.1, 0.15) is 5.82 Å². The van der Waals surface area contributed by atoms with E-state index in [4.69, 9.17) is 5.11 Å². The van der Waals surface area contributed by atoms with Gasteiger partial charge in [0.25, 0.3) is 0 Å². The molecule has 0 spiro atoms. The highest BCUT2D eigenvalue weighted by Gasteiger charge is 2.18. The predicted molar refractivity (Wildman–Crippen MR) is 74.3 cm³/mol. The van der Waals surface area contributed by atoms with Gasteiger partial charge in [-0.25, -0.2) is 9.18 Å². The number of carbonyl (C=O) groups is 2. The number of carboxylic acids is 1. The summed E-state index contributed by atoms with van der Waals surface area (Å²) < 4.78 is 13.7. The molecule has 20 heavy (non-hydrogen) atoms. The number of anilines is 1. The van der Waals surface area contributed by atoms with Gasteiger partial charge in [-0.1, -0.05) is 12.1 Å². The molecule has 0 saturated carbocycles. The van der Waals surface area contributed by atoms with Crippen molar-refractivity contribution in [1.29, 1.82) is 0 Å². The topological polar surface area (TPSA) is 69.6 Å². The van der Waals surface area contributed by atoms with Crippen molar-refractivity contribution in [1.82, 2.24) is 5.32 Å². The zero-order chi connectivity index (χ0) is 15.1. The molecule has 1 unspecified atom stereocenters. The maximum atomic E-state index is 13.7. The van der Waals surface area contributed by atoms with E-state index in [-0.39, 0.29) is 18.2 Å². The third-order valence-electron chi connectivity index (χ3n) is 2.87. The number of hydrogen-bond acceptors (Lipinski definition) is 2. The fraction of sp³-hybridized carbons (Fsp3) is 0.429. The summed E-state index contributed by atoms with van der Waals surface area (Å²) in [6.07, 6.45) is 0.309. The summed E-state index contributed by atoms with van der Waals surface area (Å²) in [6.45, 7) is 3.78. The Morgan fingerprint density at radius 1 is 1.40 bits per heavy atom. The van der Waals surface area contributed by atoms with E-state index in [0.717, 1.165) is 0 Å². The molecule has 0 aromatic heterocycles. The molecule has 1 aromatic carbocycles. The van der Waals surface area contributed by atoms with Crippen molar-refractivity contribution < 1.29 is 19.1 Å². The highest BCUT2D eigenvalue weighted by atomic mass is 19.1. The third kappa shape index (κ3) is 4.53. The standard InChI is InChI=1S/C14H19FN2O3/c1-3-17(12-7-5-4-6-11(12)15)14(20)16-10(2)8-9-13(18)19/h4-7,10H,3,8-9H2,1-2H3,(H,16,20)(H,18,19). The maximum Gasteiger partial charge on any atom is 0.322 e. The molecule has 1 aromatic rings. The lowest BCUT2D eigenvalue weighted by atomic mass is 10.2. The first-order valence-electron chi connectivity index (χ1n) is 6.50. The van der Waals surface area contributed by atoms with Crippen LogP contribution in [0.25, 0.3) is 0 Å². The van der Waals surface area contributed by atoms with Crippen molar-refractivity contribution in [3.8, 4) is 0 Å². The van der Waals surface area contributed by atoms with Crippen molar-refractivity contribution in [3.63, 3.8) is 0 Å². The van der Waals surface area contributed by atoms with Crippen LogP contribution < -0.4 is 10.2 Å². The van der Waals surface area contributed by atoms with Gasteiger partial charge in [-0.2, -0.15) is 0 Å². The molecule has 6 heteroatoms. The second kappa shape index (κ2) is 7.47. The molecule has 2 N–H and O–H groups in total. The maximum absolute atomic E-state index is 13.7. The summed E-state index contributed by atoms with van der Waals surface area (Å²) in [4.78, 5) is 23.8. The van der Waals surface area contributed by atoms with Crippen molar-refractivity contribution in [3.05, 3.63) is 30.1 Å². The quantitative estimate of drug-likeness (QED) is 0.842. The normalized spacial score (nSPS) is 11.8. The average molecular weight is 282 g/mol. The van der Waals surface area contributed by atoms with E-state index in [1.54, 1.807) is 26.0 Å². The molecule has 110 valence electrons. The van der Waals surface area contributed by atoms with Gasteiger partial charge >= 0.3 is 12.0 Å². The number of carboxylic acid groups (broad SMARTS) is 1. The summed E-state index contributed by atoms with van der Waals surface area (Å²) in [6, 6.07) is 5.30. The monoisotopic (exact) mass is 282 g/mol. The molecule has 1 atom stereocenters. The van der Waals surface area contributed by atoms with Crippen LogP contribution in [0.2, 0.25) is 0 Å². The number of carbonyl (C=O) groups excluding carboxylic acids is 1. The van der Waals surface area contributed by atoms with Crippen LogP contribution in [-0.4, -0.2) is 29.7 Å². The molecule has 0 bridgehead atoms. The van der Waals surface area contributed by atoms with Crippen LogP contribution in [0.3, 0.4) is 0 Å². The Hall–Kier alpha value is -2.11. The molecule has 0 aliphatic carbocycles. The lowest BCUT2D eigenvalue weighted by Crippen LogP contribution is -2.44. The van der Waals surface area contributed by atoms with E-state index in [1.807, 2.05) is 0 Å². The number of hydrogen-bond donors (Lipinski definition) is 2. The van der Waals surface area contributed by atoms with Crippen molar-refractivity contribution in [2.45, 2.75) is 32.7 Å². The molecule has 0 radical (unpaired) electrons. The number of rotatable bonds is 6. The number of urea groups is 1. The van der Waals surface area contributed by atoms with E-state index in [0.29, 0.717) is 13.0 Å². The Bertz CT molecular complexity index is 479. The predicted octanol–water partition coefficient (Wildman–Crippen LogP) is 2.61. The Labute approximate surface area is 117 Å². The molecule has 0 fully saturated rings. The van der Waals surface area contributed by atoms with Crippen LogP contribution in [0.15, 0.2) is 24.3 Å². The minimum Gasteiger partial charge on any atom is -0.481 e. The van der Waals surface area contributed by atoms with Crippen LogP contribution in [0.4, 0.5) is 14.9 Å². The first kappa shape index (κ1) is 15.9. The van der Waals surface area contributed by atoms with Crippen LogP contribution in [-0.2, 0) is 4.79 Å². The number of nitrogens with zero attached hydrogens (tertiary/aromatic N) is 1. The van der Waals surface area contributed by atoms with Gasteiger partial charge in [0.15, 0.2) is 0 Å². The van der Waals surface area contributed by atoms with Gasteiger partial charge < -0.3 is 10.4 Å². The summed E-state index contributed by atoms with van der Waals surface area (Å²) in [5, 5.41) is 11.3. The van der Waals surface area contributed by atoms with Crippen LogP contribution in [0, 0.1) is 5.82 Å². The number of para-hydroxylation sites is 1. The molecule has 0 saturated heterocycles. The minimum absolute atomic E-state index is 0.0206. The van der Waals surface area contributed by atoms with E-state index in [9.17, 15) is 14.0 Å². The van der Waals surface area contributed by atoms with Crippen molar-refractivity contribution in [2.24, 2.45) is 0 Å². The van der Waals surface area contributed by atoms with Crippen LogP contribution in [0.5, 0.6) is 0 Å². The Balaban J connectivity index is 2.68. The lowest BCUT2D eigenvalue weighted by Gasteiger charge is -2.24. The number of aliphatic carboxylic acids is 1. The van der Waals surface area contributed by atoms with Gasteiger partial charge in [-0.3, -0.25) is 9.69 Å². The zero-order valence-corrected chi connectivity index (χ0v) is 11.6. The van der Waals surface area contributed by atoms with Crippen molar-refractivity contribution >= 4 is 17.7 Å². The fourth-order valence-corrected chi connectivity index (χ4v) is 1.79. The fourth-order valence-electron chi connectivity index (χ4n) is 1.79. The smallest absolute Gasteiger partial charge is 0.322 e. The van der Waals surface area contributed by atoms with Gasteiger partial charge in [0.05, 0.1) is 5.69 Å². The number of amides is 2. The summed E-state index contributed by atoms with van der Waals surface area (Å²) in [7, 11) is 0. The Kier molecular flexibility index (Phi) is 5.96. The largest absolute Gasteiger partial charge is 0.481 e. The highest BCUT2D eigenvalue weighted by molar-refractivity contribution is 5.92. The second-order valence-electron chi connectivity index (χ2n) is 4.48. The number of benzene rings is 1. The third-order valence-corrected chi connectivity index (χ3v) is 2.87. The van der Waals surface area contributed by atoms with Gasteiger partial charge in [0.2, 0.25) is 0 Å².